The van der Waals surface area contributed by atoms with Crippen LogP contribution < -0.4 is 15.4 Å². The molecule has 2 aromatic carbocycles. The molecule has 0 atom stereocenters. The predicted octanol–water partition coefficient (Wildman–Crippen LogP) is 4.82. The highest BCUT2D eigenvalue weighted by atomic mass is 19.2. The largest absolute Gasteiger partial charge is 0.438 e. The number of imidazole rings is 1. The van der Waals surface area contributed by atoms with Crippen molar-refractivity contribution in [1.82, 2.24) is 19.7 Å². The van der Waals surface area contributed by atoms with Gasteiger partial charge in [-0.15, -0.1) is 10.2 Å². The van der Waals surface area contributed by atoms with E-state index in [0.717, 1.165) is 11.9 Å². The van der Waals surface area contributed by atoms with Crippen LogP contribution in [0.1, 0.15) is 5.82 Å². The number of hydrogen-bond donors (Lipinski definition) is 2. The molecule has 32 heavy (non-hydrogen) atoms. The van der Waals surface area contributed by atoms with E-state index in [1.165, 1.54) is 12.1 Å². The highest BCUT2D eigenvalue weighted by molar-refractivity contribution is 5.99. The summed E-state index contributed by atoms with van der Waals surface area (Å²) in [7, 11) is 0. The first-order chi connectivity index (χ1) is 15.4. The Kier molecular flexibility index (Phi) is 5.71. The van der Waals surface area contributed by atoms with E-state index in [1.807, 2.05) is 6.92 Å². The minimum absolute atomic E-state index is 0.263. The van der Waals surface area contributed by atoms with Gasteiger partial charge in [0.25, 0.3) is 0 Å². The number of benzene rings is 2. The predicted molar refractivity (Wildman–Crippen MR) is 109 cm³/mol. The van der Waals surface area contributed by atoms with Crippen LogP contribution in [-0.2, 0) is 0 Å². The van der Waals surface area contributed by atoms with Crippen molar-refractivity contribution < 1.29 is 22.7 Å². The Morgan fingerprint density at radius 1 is 0.938 bits per heavy atom. The lowest BCUT2D eigenvalue weighted by atomic mass is 10.3. The molecule has 2 N–H and O–H groups in total. The molecule has 0 bridgehead atoms. The number of rotatable bonds is 5. The number of aryl methyl sites for hydroxylation is 1. The Hall–Kier alpha value is -4.41. The van der Waals surface area contributed by atoms with Gasteiger partial charge in [0.05, 0.1) is 5.69 Å². The van der Waals surface area contributed by atoms with Crippen LogP contribution in [0.2, 0.25) is 0 Å². The summed E-state index contributed by atoms with van der Waals surface area (Å²) in [5.41, 5.74) is -0.135. The zero-order valence-electron chi connectivity index (χ0n) is 16.5. The van der Waals surface area contributed by atoms with Gasteiger partial charge in [0.15, 0.2) is 23.3 Å². The summed E-state index contributed by atoms with van der Waals surface area (Å²) in [5.74, 6) is -2.44. The molecule has 0 spiro atoms. The van der Waals surface area contributed by atoms with Crippen molar-refractivity contribution in [2.75, 3.05) is 10.6 Å². The fraction of sp³-hybridized carbons (Fsp3) is 0.0476. The summed E-state index contributed by atoms with van der Waals surface area (Å²) in [6.45, 7) is 1.84. The van der Waals surface area contributed by atoms with Gasteiger partial charge in [0, 0.05) is 24.1 Å². The lowest BCUT2D eigenvalue weighted by molar-refractivity contribution is 0.262. The maximum atomic E-state index is 13.7. The summed E-state index contributed by atoms with van der Waals surface area (Å²) in [6.07, 6.45) is 3.43. The molecule has 0 aliphatic rings. The van der Waals surface area contributed by atoms with Crippen LogP contribution in [0.3, 0.4) is 0 Å². The molecule has 2 amide bonds. The lowest BCUT2D eigenvalue weighted by Gasteiger charge is -2.10. The topological polar surface area (TPSA) is 94.0 Å². The molecule has 2 aromatic heterocycles. The molecular formula is C21H15F3N6O2. The third kappa shape index (κ3) is 4.51. The van der Waals surface area contributed by atoms with Crippen molar-refractivity contribution in [2.24, 2.45) is 0 Å². The molecule has 0 fully saturated rings. The molecule has 0 radical (unpaired) electrons. The number of ether oxygens (including phenoxy) is 1. The zero-order valence-corrected chi connectivity index (χ0v) is 16.5. The quantitative estimate of drug-likeness (QED) is 0.434. The number of urea groups is 1. The fourth-order valence-corrected chi connectivity index (χ4v) is 2.75. The number of hydrogen-bond acceptors (Lipinski definition) is 5. The van der Waals surface area contributed by atoms with Gasteiger partial charge in [0.1, 0.15) is 11.6 Å². The number of nitrogens with one attached hydrogen (secondary N) is 2. The Morgan fingerprint density at radius 3 is 2.38 bits per heavy atom. The molecule has 0 saturated heterocycles. The van der Waals surface area contributed by atoms with E-state index in [9.17, 15) is 18.0 Å². The van der Waals surface area contributed by atoms with Crippen LogP contribution >= 0.6 is 0 Å². The molecule has 4 aromatic rings. The van der Waals surface area contributed by atoms with Gasteiger partial charge in [-0.2, -0.15) is 0 Å². The highest BCUT2D eigenvalue weighted by Gasteiger charge is 2.15. The molecule has 0 saturated carbocycles. The SMILES string of the molecule is Cc1nccn1-c1ccc(Oc2ccc(NC(=O)Nc3ccc(F)c(F)c3F)cc2)nn1. The van der Waals surface area contributed by atoms with Crippen LogP contribution in [0.5, 0.6) is 11.6 Å². The van der Waals surface area contributed by atoms with E-state index in [1.54, 1.807) is 41.2 Å². The smallest absolute Gasteiger partial charge is 0.323 e. The third-order valence-electron chi connectivity index (χ3n) is 4.32. The summed E-state index contributed by atoms with van der Waals surface area (Å²) in [4.78, 5) is 16.1. The van der Waals surface area contributed by atoms with E-state index in [2.05, 4.69) is 25.8 Å². The number of anilines is 2. The van der Waals surface area contributed by atoms with Gasteiger partial charge in [-0.1, -0.05) is 0 Å². The van der Waals surface area contributed by atoms with Gasteiger partial charge in [-0.25, -0.2) is 22.9 Å². The van der Waals surface area contributed by atoms with Gasteiger partial charge in [-0.05, 0) is 49.4 Å². The average Bonchev–Trinajstić information content (AvgIpc) is 3.22. The summed E-state index contributed by atoms with van der Waals surface area (Å²) < 4.78 is 47.3. The maximum Gasteiger partial charge on any atom is 0.323 e. The normalized spacial score (nSPS) is 10.6. The van der Waals surface area contributed by atoms with Crippen molar-refractivity contribution in [1.29, 1.82) is 0 Å². The monoisotopic (exact) mass is 440 g/mol. The van der Waals surface area contributed by atoms with E-state index < -0.39 is 29.2 Å². The van der Waals surface area contributed by atoms with Crippen molar-refractivity contribution in [3.8, 4) is 17.4 Å². The maximum absolute atomic E-state index is 13.7. The Labute approximate surface area is 179 Å². The van der Waals surface area contributed by atoms with Gasteiger partial charge in [-0.3, -0.25) is 4.57 Å². The number of carbonyl (C=O) groups excluding carboxylic acids is 1. The number of amides is 2. The standard InChI is InChI=1S/C21H15F3N6O2/c1-12-25-10-11-30(12)17-8-9-18(29-28-17)32-14-4-2-13(3-5-14)26-21(31)27-16-7-6-15(22)19(23)20(16)24/h2-11H,1H3,(H2,26,27,31). The second-order valence-electron chi connectivity index (χ2n) is 6.50. The van der Waals surface area contributed by atoms with Crippen molar-refractivity contribution in [2.45, 2.75) is 6.92 Å². The first kappa shape index (κ1) is 20.8. The molecule has 8 nitrogen and oxygen atoms in total. The van der Waals surface area contributed by atoms with E-state index in [4.69, 9.17) is 4.74 Å². The first-order valence-corrected chi connectivity index (χ1v) is 9.24. The molecule has 0 aliphatic heterocycles. The number of aromatic nitrogens is 4. The highest BCUT2D eigenvalue weighted by Crippen LogP contribution is 2.23. The molecule has 0 unspecified atom stereocenters. The summed E-state index contributed by atoms with van der Waals surface area (Å²) >= 11 is 0. The summed E-state index contributed by atoms with van der Waals surface area (Å²) in [6, 6.07) is 10.4. The van der Waals surface area contributed by atoms with Crippen LogP contribution in [0.25, 0.3) is 5.82 Å². The van der Waals surface area contributed by atoms with Gasteiger partial charge >= 0.3 is 6.03 Å². The molecule has 0 aliphatic carbocycles. The second kappa shape index (κ2) is 8.76. The molecule has 11 heteroatoms. The van der Waals surface area contributed by atoms with Crippen LogP contribution in [0, 0.1) is 24.4 Å². The van der Waals surface area contributed by atoms with Crippen molar-refractivity contribution in [3.05, 3.63) is 84.2 Å². The minimum atomic E-state index is -1.67. The van der Waals surface area contributed by atoms with Crippen molar-refractivity contribution >= 4 is 17.4 Å². The Balaban J connectivity index is 1.36. The number of halogens is 3. The molecule has 4 rings (SSSR count). The molecular weight excluding hydrogens is 425 g/mol. The van der Waals surface area contributed by atoms with Crippen LogP contribution in [-0.4, -0.2) is 25.8 Å². The second-order valence-corrected chi connectivity index (χ2v) is 6.50. The van der Waals surface area contributed by atoms with Crippen LogP contribution in [0.15, 0.2) is 60.9 Å². The Morgan fingerprint density at radius 2 is 1.72 bits per heavy atom. The third-order valence-corrected chi connectivity index (χ3v) is 4.32. The molecule has 162 valence electrons. The van der Waals surface area contributed by atoms with E-state index in [0.29, 0.717) is 23.3 Å². The van der Waals surface area contributed by atoms with E-state index in [-0.39, 0.29) is 5.88 Å². The van der Waals surface area contributed by atoms with Crippen molar-refractivity contribution in [3.63, 3.8) is 0 Å². The summed E-state index contributed by atoms with van der Waals surface area (Å²) in [5, 5.41) is 12.7. The van der Waals surface area contributed by atoms with Gasteiger partial charge in [0.2, 0.25) is 5.88 Å². The number of carbonyl (C=O) groups is 1. The first-order valence-electron chi connectivity index (χ1n) is 9.24. The molecule has 2 heterocycles. The minimum Gasteiger partial charge on any atom is -0.438 e. The fourth-order valence-electron chi connectivity index (χ4n) is 2.75. The van der Waals surface area contributed by atoms with Gasteiger partial charge < -0.3 is 15.4 Å². The zero-order chi connectivity index (χ0) is 22.7. The Bertz CT molecular complexity index is 1260. The lowest BCUT2D eigenvalue weighted by Crippen LogP contribution is -2.20. The van der Waals surface area contributed by atoms with Crippen LogP contribution in [0.4, 0.5) is 29.3 Å². The van der Waals surface area contributed by atoms with E-state index >= 15 is 0 Å². The number of nitrogens with zero attached hydrogens (tertiary/aromatic N) is 4. The average molecular weight is 440 g/mol.